The maximum Gasteiger partial charge on any atom is 0.160 e. The molecule has 0 fully saturated rings. The summed E-state index contributed by atoms with van der Waals surface area (Å²) in [5, 5.41) is 19.4. The maximum atomic E-state index is 9.87. The van der Waals surface area contributed by atoms with Crippen molar-refractivity contribution in [1.82, 2.24) is 4.90 Å². The van der Waals surface area contributed by atoms with Crippen LogP contribution in [0.4, 0.5) is 0 Å². The van der Waals surface area contributed by atoms with Crippen molar-refractivity contribution in [1.29, 1.82) is 0 Å². The van der Waals surface area contributed by atoms with Gasteiger partial charge in [-0.3, -0.25) is 4.90 Å². The fourth-order valence-electron chi connectivity index (χ4n) is 2.81. The fourth-order valence-corrected chi connectivity index (χ4v) is 3.24. The van der Waals surface area contributed by atoms with Crippen LogP contribution in [0.3, 0.4) is 0 Å². The monoisotopic (exact) mass is 339 g/mol. The van der Waals surface area contributed by atoms with Gasteiger partial charge in [-0.1, -0.05) is 6.07 Å². The Bertz CT molecular complexity index is 437. The highest BCUT2D eigenvalue weighted by atomic mass is 35.5. The topological polar surface area (TPSA) is 43.7 Å². The maximum absolute atomic E-state index is 9.87. The highest BCUT2D eigenvalue weighted by Crippen LogP contribution is 2.36. The third-order valence-electron chi connectivity index (χ3n) is 3.80. The van der Waals surface area contributed by atoms with E-state index in [1.165, 1.54) is 0 Å². The fraction of sp³-hybridized carbons (Fsp3) is 0.571. The van der Waals surface area contributed by atoms with Crippen LogP contribution in [0.15, 0.2) is 12.1 Å². The van der Waals surface area contributed by atoms with Gasteiger partial charge in [-0.25, -0.2) is 0 Å². The van der Waals surface area contributed by atoms with E-state index in [-0.39, 0.29) is 23.9 Å². The van der Waals surface area contributed by atoms with Crippen molar-refractivity contribution in [2.45, 2.75) is 25.3 Å². The van der Waals surface area contributed by atoms with Crippen LogP contribution in [-0.2, 0) is 12.8 Å². The number of hydrogen-bond donors (Lipinski definition) is 2. The number of nitrogens with zero attached hydrogens (tertiary/aromatic N) is 1. The van der Waals surface area contributed by atoms with Gasteiger partial charge in [0, 0.05) is 36.5 Å². The van der Waals surface area contributed by atoms with E-state index in [2.05, 4.69) is 4.90 Å². The Morgan fingerprint density at radius 1 is 1.15 bits per heavy atom. The molecule has 0 aliphatic heterocycles. The lowest BCUT2D eigenvalue weighted by molar-refractivity contribution is 0.200. The summed E-state index contributed by atoms with van der Waals surface area (Å²) in [6.07, 6.45) is 2.61. The minimum atomic E-state index is -0.0319. The van der Waals surface area contributed by atoms with Crippen molar-refractivity contribution < 1.29 is 10.2 Å². The number of halogens is 3. The smallest absolute Gasteiger partial charge is 0.160 e. The zero-order chi connectivity index (χ0) is 13.8. The first-order chi connectivity index (χ1) is 9.17. The van der Waals surface area contributed by atoms with Gasteiger partial charge in [0.05, 0.1) is 0 Å². The minimum absolute atomic E-state index is 0. The molecule has 114 valence electrons. The highest BCUT2D eigenvalue weighted by Gasteiger charge is 2.26. The second-order valence-electron chi connectivity index (χ2n) is 4.88. The summed E-state index contributed by atoms with van der Waals surface area (Å²) in [6.45, 7) is 1.66. The van der Waals surface area contributed by atoms with Gasteiger partial charge in [0.15, 0.2) is 11.5 Å². The lowest BCUT2D eigenvalue weighted by Gasteiger charge is -2.34. The summed E-state index contributed by atoms with van der Waals surface area (Å²) < 4.78 is 0. The molecule has 6 heteroatoms. The third kappa shape index (κ3) is 3.85. The average Bonchev–Trinajstić information content (AvgIpc) is 2.42. The average molecular weight is 341 g/mol. The predicted octanol–water partition coefficient (Wildman–Crippen LogP) is 3.16. The molecule has 0 amide bonds. The quantitative estimate of drug-likeness (QED) is 0.639. The molecule has 20 heavy (non-hydrogen) atoms. The molecule has 0 spiro atoms. The molecule has 0 aromatic heterocycles. The van der Waals surface area contributed by atoms with Crippen LogP contribution in [0.1, 0.15) is 17.5 Å². The number of rotatable bonds is 5. The van der Waals surface area contributed by atoms with E-state index in [4.69, 9.17) is 23.2 Å². The van der Waals surface area contributed by atoms with E-state index in [0.29, 0.717) is 17.8 Å². The number of benzene rings is 1. The summed E-state index contributed by atoms with van der Waals surface area (Å²) in [5.41, 5.74) is 1.99. The van der Waals surface area contributed by atoms with E-state index in [0.717, 1.165) is 43.5 Å². The molecule has 1 aliphatic rings. The van der Waals surface area contributed by atoms with E-state index in [1.807, 2.05) is 6.07 Å². The largest absolute Gasteiger partial charge is 0.504 e. The molecule has 0 radical (unpaired) electrons. The van der Waals surface area contributed by atoms with E-state index in [1.54, 1.807) is 6.07 Å². The molecule has 1 aliphatic carbocycles. The first-order valence-electron chi connectivity index (χ1n) is 6.56. The Labute approximate surface area is 135 Å². The molecule has 1 aromatic rings. The van der Waals surface area contributed by atoms with Gasteiger partial charge >= 0.3 is 0 Å². The zero-order valence-electron chi connectivity index (χ0n) is 11.2. The van der Waals surface area contributed by atoms with Crippen LogP contribution in [0.5, 0.6) is 11.5 Å². The van der Waals surface area contributed by atoms with Crippen molar-refractivity contribution in [3.05, 3.63) is 23.3 Å². The van der Waals surface area contributed by atoms with Crippen molar-refractivity contribution in [2.75, 3.05) is 24.8 Å². The van der Waals surface area contributed by atoms with Gasteiger partial charge in [-0.05, 0) is 30.9 Å². The molecule has 0 saturated heterocycles. The molecule has 0 bridgehead atoms. The summed E-state index contributed by atoms with van der Waals surface area (Å²) in [4.78, 5) is 2.31. The molecule has 2 rings (SSSR count). The predicted molar refractivity (Wildman–Crippen MR) is 85.8 cm³/mol. The van der Waals surface area contributed by atoms with Crippen LogP contribution in [0.25, 0.3) is 0 Å². The van der Waals surface area contributed by atoms with Gasteiger partial charge in [0.2, 0.25) is 0 Å². The second kappa shape index (κ2) is 8.18. The Kier molecular flexibility index (Phi) is 7.24. The van der Waals surface area contributed by atoms with E-state index in [9.17, 15) is 10.2 Å². The number of fused-ring (bicyclic) bond motifs is 1. The molecular weight excluding hydrogens is 321 g/mol. The third-order valence-corrected chi connectivity index (χ3v) is 4.14. The van der Waals surface area contributed by atoms with Crippen LogP contribution in [0, 0.1) is 0 Å². The van der Waals surface area contributed by atoms with Gasteiger partial charge < -0.3 is 10.2 Å². The van der Waals surface area contributed by atoms with Crippen molar-refractivity contribution in [3.8, 4) is 11.5 Å². The van der Waals surface area contributed by atoms with Crippen LogP contribution < -0.4 is 0 Å². The van der Waals surface area contributed by atoms with E-state index >= 15 is 0 Å². The normalized spacial score (nSPS) is 17.6. The zero-order valence-corrected chi connectivity index (χ0v) is 13.5. The lowest BCUT2D eigenvalue weighted by Crippen LogP contribution is -2.41. The molecule has 2 N–H and O–H groups in total. The summed E-state index contributed by atoms with van der Waals surface area (Å²) in [6, 6.07) is 3.87. The highest BCUT2D eigenvalue weighted by molar-refractivity contribution is 6.18. The summed E-state index contributed by atoms with van der Waals surface area (Å²) in [7, 11) is 0. The summed E-state index contributed by atoms with van der Waals surface area (Å²) in [5.74, 6) is 1.20. The standard InChI is InChI=1S/C14H19Cl2NO2.ClH/c15-5-7-17(8-6-16)11-2-3-12-10(9-11)1-4-13(18)14(12)19;/h1,4,11,18-19H,2-3,5-9H2;1H. The Morgan fingerprint density at radius 2 is 1.80 bits per heavy atom. The number of phenols is 2. The number of phenolic OH excluding ortho intramolecular Hbond substituents is 2. The first kappa shape index (κ1) is 17.7. The van der Waals surface area contributed by atoms with Crippen molar-refractivity contribution in [2.24, 2.45) is 0 Å². The molecule has 3 nitrogen and oxygen atoms in total. The molecule has 1 unspecified atom stereocenters. The van der Waals surface area contributed by atoms with Gasteiger partial charge in [0.25, 0.3) is 0 Å². The summed E-state index contributed by atoms with van der Waals surface area (Å²) >= 11 is 11.7. The van der Waals surface area contributed by atoms with Gasteiger partial charge in [-0.15, -0.1) is 35.6 Å². The Morgan fingerprint density at radius 3 is 2.40 bits per heavy atom. The number of hydrogen-bond acceptors (Lipinski definition) is 3. The Balaban J connectivity index is 0.00000200. The van der Waals surface area contributed by atoms with Crippen molar-refractivity contribution in [3.63, 3.8) is 0 Å². The molecule has 1 atom stereocenters. The minimum Gasteiger partial charge on any atom is -0.504 e. The van der Waals surface area contributed by atoms with Crippen LogP contribution in [0.2, 0.25) is 0 Å². The van der Waals surface area contributed by atoms with Gasteiger partial charge in [-0.2, -0.15) is 0 Å². The molecular formula is C14H20Cl3NO2. The lowest BCUT2D eigenvalue weighted by atomic mass is 9.86. The Hall–Kier alpha value is -0.350. The van der Waals surface area contributed by atoms with E-state index < -0.39 is 0 Å². The van der Waals surface area contributed by atoms with Crippen molar-refractivity contribution >= 4 is 35.6 Å². The SMILES string of the molecule is Cl.Oc1ccc2c(c1O)CCC(N(CCCl)CCCl)C2. The molecule has 1 aromatic carbocycles. The van der Waals surface area contributed by atoms with Crippen LogP contribution in [-0.4, -0.2) is 46.0 Å². The molecule has 0 heterocycles. The van der Waals surface area contributed by atoms with Crippen LogP contribution >= 0.6 is 35.6 Å². The van der Waals surface area contributed by atoms with Gasteiger partial charge in [0.1, 0.15) is 0 Å². The number of aromatic hydroxyl groups is 2. The first-order valence-corrected chi connectivity index (χ1v) is 7.63. The number of alkyl halides is 2. The second-order valence-corrected chi connectivity index (χ2v) is 5.64. The molecule has 0 saturated carbocycles.